The molecule has 2 amide bonds. The summed E-state index contributed by atoms with van der Waals surface area (Å²) in [5.74, 6) is -0.155. The zero-order valence-electron chi connectivity index (χ0n) is 11.6. The summed E-state index contributed by atoms with van der Waals surface area (Å²) in [6, 6.07) is 1.86. The van der Waals surface area contributed by atoms with Gasteiger partial charge in [-0.25, -0.2) is 0 Å². The lowest BCUT2D eigenvalue weighted by molar-refractivity contribution is -0.140. The Hall–Kier alpha value is -1.20. The summed E-state index contributed by atoms with van der Waals surface area (Å²) >= 11 is 1.67. The third-order valence-corrected chi connectivity index (χ3v) is 4.04. The molecule has 0 saturated carbocycles. The second-order valence-corrected chi connectivity index (χ2v) is 6.14. The maximum Gasteiger partial charge on any atom is 0.247 e. The summed E-state index contributed by atoms with van der Waals surface area (Å²) in [6.45, 7) is 5.79. The van der Waals surface area contributed by atoms with Gasteiger partial charge in [-0.1, -0.05) is 0 Å². The van der Waals surface area contributed by atoms with Crippen LogP contribution in [0.4, 0.5) is 0 Å². The highest BCUT2D eigenvalue weighted by atomic mass is 32.1. The maximum atomic E-state index is 12.1. The quantitative estimate of drug-likeness (QED) is 0.837. The Morgan fingerprint density at radius 3 is 2.68 bits per heavy atom. The van der Waals surface area contributed by atoms with E-state index in [1.54, 1.807) is 11.3 Å². The van der Waals surface area contributed by atoms with Crippen LogP contribution in [0.25, 0.3) is 0 Å². The molecule has 19 heavy (non-hydrogen) atoms. The number of likely N-dealkylation sites (tertiary alicyclic amines) is 1. The Labute approximate surface area is 117 Å². The first-order chi connectivity index (χ1) is 8.99. The highest BCUT2D eigenvalue weighted by molar-refractivity contribution is 7.07. The molecule has 0 aliphatic carbocycles. The van der Waals surface area contributed by atoms with Crippen LogP contribution in [0.15, 0.2) is 16.8 Å². The van der Waals surface area contributed by atoms with Gasteiger partial charge < -0.3 is 5.32 Å². The molecule has 1 N–H and O–H groups in total. The lowest BCUT2D eigenvalue weighted by Gasteiger charge is -2.21. The molecule has 4 nitrogen and oxygen atoms in total. The Kier molecular flexibility index (Phi) is 4.37. The first-order valence-electron chi connectivity index (χ1n) is 6.62. The van der Waals surface area contributed by atoms with Crippen LogP contribution in [0, 0.1) is 0 Å². The molecule has 104 valence electrons. The fraction of sp³-hybridized carbons (Fsp3) is 0.571. The number of hydrogen-bond donors (Lipinski definition) is 1. The van der Waals surface area contributed by atoms with Crippen molar-refractivity contribution in [1.82, 2.24) is 10.2 Å². The molecule has 0 aromatic carbocycles. The normalized spacial score (nSPS) is 21.5. The molecule has 1 fully saturated rings. The monoisotopic (exact) mass is 280 g/mol. The average molecular weight is 280 g/mol. The van der Waals surface area contributed by atoms with Gasteiger partial charge in [0.15, 0.2) is 0 Å². The topological polar surface area (TPSA) is 49.4 Å². The molecule has 0 spiro atoms. The molecular weight excluding hydrogens is 260 g/mol. The van der Waals surface area contributed by atoms with Crippen molar-refractivity contribution < 1.29 is 9.59 Å². The van der Waals surface area contributed by atoms with E-state index >= 15 is 0 Å². The van der Waals surface area contributed by atoms with Crippen molar-refractivity contribution in [1.29, 1.82) is 0 Å². The van der Waals surface area contributed by atoms with E-state index in [1.807, 2.05) is 26.2 Å². The molecular formula is C14H20N2O2S. The van der Waals surface area contributed by atoms with Crippen molar-refractivity contribution in [2.45, 2.75) is 51.7 Å². The second-order valence-electron chi connectivity index (χ2n) is 5.36. The largest absolute Gasteiger partial charge is 0.303 e. The first-order valence-corrected chi connectivity index (χ1v) is 7.56. The van der Waals surface area contributed by atoms with Crippen molar-refractivity contribution in [3.05, 3.63) is 22.4 Å². The van der Waals surface area contributed by atoms with Crippen LogP contribution in [0.1, 0.15) is 32.8 Å². The van der Waals surface area contributed by atoms with Crippen LogP contribution in [0.2, 0.25) is 0 Å². The predicted molar refractivity (Wildman–Crippen MR) is 76.0 cm³/mol. The van der Waals surface area contributed by atoms with Crippen LogP contribution >= 0.6 is 11.3 Å². The number of nitrogens with one attached hydrogen (secondary N) is 1. The van der Waals surface area contributed by atoms with Gasteiger partial charge in [-0.3, -0.25) is 14.5 Å². The van der Waals surface area contributed by atoms with E-state index in [1.165, 1.54) is 10.5 Å². The number of carbonyl (C=O) groups excluding carboxylic acids is 2. The smallest absolute Gasteiger partial charge is 0.247 e. The van der Waals surface area contributed by atoms with Crippen molar-refractivity contribution in [2.24, 2.45) is 0 Å². The molecule has 1 aliphatic rings. The Balaban J connectivity index is 1.93. The predicted octanol–water partition coefficient (Wildman–Crippen LogP) is 1.80. The Bertz CT molecular complexity index is 456. The van der Waals surface area contributed by atoms with Crippen LogP contribution < -0.4 is 5.32 Å². The van der Waals surface area contributed by atoms with Crippen molar-refractivity contribution in [3.63, 3.8) is 0 Å². The molecule has 1 aromatic heterocycles. The van der Waals surface area contributed by atoms with Gasteiger partial charge >= 0.3 is 0 Å². The van der Waals surface area contributed by atoms with Gasteiger partial charge in [0, 0.05) is 12.1 Å². The lowest BCUT2D eigenvalue weighted by atomic mass is 10.1. The Morgan fingerprint density at radius 2 is 2.16 bits per heavy atom. The summed E-state index contributed by atoms with van der Waals surface area (Å²) in [5.41, 5.74) is 1.27. The zero-order valence-corrected chi connectivity index (χ0v) is 12.4. The van der Waals surface area contributed by atoms with Gasteiger partial charge in [0.1, 0.15) is 0 Å². The molecule has 0 radical (unpaired) electrons. The number of nitrogens with zero attached hydrogens (tertiary/aromatic N) is 1. The fourth-order valence-electron chi connectivity index (χ4n) is 2.49. The molecule has 2 atom stereocenters. The minimum absolute atomic E-state index is 0.0565. The fourth-order valence-corrected chi connectivity index (χ4v) is 3.17. The number of rotatable bonds is 5. The number of hydrogen-bond acceptors (Lipinski definition) is 4. The third kappa shape index (κ3) is 3.22. The minimum Gasteiger partial charge on any atom is -0.303 e. The van der Waals surface area contributed by atoms with E-state index in [2.05, 4.69) is 16.8 Å². The van der Waals surface area contributed by atoms with Crippen LogP contribution in [-0.2, 0) is 16.0 Å². The molecule has 2 heterocycles. The van der Waals surface area contributed by atoms with E-state index < -0.39 is 0 Å². The van der Waals surface area contributed by atoms with Gasteiger partial charge in [-0.15, -0.1) is 0 Å². The van der Waals surface area contributed by atoms with Gasteiger partial charge in [-0.2, -0.15) is 11.3 Å². The zero-order chi connectivity index (χ0) is 14.0. The van der Waals surface area contributed by atoms with Crippen molar-refractivity contribution in [3.8, 4) is 0 Å². The number of amides is 2. The molecule has 5 heteroatoms. The summed E-state index contributed by atoms with van der Waals surface area (Å²) in [6.07, 6.45) is 1.16. The summed E-state index contributed by atoms with van der Waals surface area (Å²) in [7, 11) is 0. The van der Waals surface area contributed by atoms with Crippen molar-refractivity contribution >= 4 is 23.2 Å². The third-order valence-electron chi connectivity index (χ3n) is 3.31. The maximum absolute atomic E-state index is 12.1. The van der Waals surface area contributed by atoms with E-state index in [4.69, 9.17) is 0 Å². The van der Waals surface area contributed by atoms with E-state index in [0.29, 0.717) is 0 Å². The van der Waals surface area contributed by atoms with Gasteiger partial charge in [0.2, 0.25) is 11.8 Å². The van der Waals surface area contributed by atoms with Crippen LogP contribution in [0.5, 0.6) is 0 Å². The highest BCUT2D eigenvalue weighted by Crippen LogP contribution is 2.17. The summed E-state index contributed by atoms with van der Waals surface area (Å²) in [4.78, 5) is 25.3. The molecule has 1 aliphatic heterocycles. The molecule has 1 saturated heterocycles. The average Bonchev–Trinajstić information content (AvgIpc) is 2.88. The van der Waals surface area contributed by atoms with Crippen LogP contribution in [0.3, 0.4) is 0 Å². The Morgan fingerprint density at radius 1 is 1.42 bits per heavy atom. The van der Waals surface area contributed by atoms with E-state index in [9.17, 15) is 9.59 Å². The van der Waals surface area contributed by atoms with Gasteiger partial charge in [0.05, 0.1) is 12.5 Å². The molecule has 0 bridgehead atoms. The summed E-state index contributed by atoms with van der Waals surface area (Å²) in [5, 5.41) is 7.43. The van der Waals surface area contributed by atoms with Crippen molar-refractivity contribution in [2.75, 3.05) is 0 Å². The first kappa shape index (κ1) is 14.2. The van der Waals surface area contributed by atoms with E-state index in [0.717, 1.165) is 6.42 Å². The highest BCUT2D eigenvalue weighted by Gasteiger charge is 2.40. The van der Waals surface area contributed by atoms with Crippen LogP contribution in [-0.4, -0.2) is 34.8 Å². The molecule has 1 aromatic rings. The molecule has 2 rings (SSSR count). The van der Waals surface area contributed by atoms with E-state index in [-0.39, 0.29) is 36.4 Å². The van der Waals surface area contributed by atoms with Gasteiger partial charge in [-0.05, 0) is 49.6 Å². The molecule has 2 unspecified atom stereocenters. The number of carbonyl (C=O) groups is 2. The standard InChI is InChI=1S/C14H20N2O2S/c1-9(2)16-13(17)7-12(14(16)18)15-10(3)6-11-4-5-19-8-11/h4-5,8-10,12,15H,6-7H2,1-3H3. The minimum atomic E-state index is -0.358. The number of thiophene rings is 1. The lowest BCUT2D eigenvalue weighted by Crippen LogP contribution is -2.45. The van der Waals surface area contributed by atoms with Gasteiger partial charge in [0.25, 0.3) is 0 Å². The SMILES string of the molecule is CC(Cc1ccsc1)NC1CC(=O)N(C(C)C)C1=O. The number of imide groups is 1. The summed E-state index contributed by atoms with van der Waals surface area (Å²) < 4.78 is 0. The second kappa shape index (κ2) is 5.84.